The van der Waals surface area contributed by atoms with E-state index < -0.39 is 0 Å². The summed E-state index contributed by atoms with van der Waals surface area (Å²) in [6.45, 7) is 1.99. The summed E-state index contributed by atoms with van der Waals surface area (Å²) in [5.74, 6) is 0.754. The van der Waals surface area contributed by atoms with Crippen molar-refractivity contribution in [3.05, 3.63) is 71.8 Å². The minimum atomic E-state index is -0.0657. The molecule has 2 aromatic carbocycles. The van der Waals surface area contributed by atoms with Crippen LogP contribution in [0.1, 0.15) is 24.1 Å². The van der Waals surface area contributed by atoms with E-state index in [4.69, 9.17) is 4.74 Å². The average molecular weight is 295 g/mol. The highest BCUT2D eigenvalue weighted by Crippen LogP contribution is 2.28. The summed E-state index contributed by atoms with van der Waals surface area (Å²) in [5, 5.41) is 0. The lowest BCUT2D eigenvalue weighted by atomic mass is 10.1. The lowest BCUT2D eigenvalue weighted by Crippen LogP contribution is -2.28. The van der Waals surface area contributed by atoms with Crippen molar-refractivity contribution in [3.63, 3.8) is 0 Å². The van der Waals surface area contributed by atoms with Crippen LogP contribution in [-0.2, 0) is 4.79 Å². The maximum Gasteiger partial charge on any atom is 0.246 e. The Morgan fingerprint density at radius 3 is 2.41 bits per heavy atom. The molecule has 0 N–H and O–H groups in total. The summed E-state index contributed by atoms with van der Waals surface area (Å²) < 4.78 is 5.37. The van der Waals surface area contributed by atoms with Gasteiger partial charge in [-0.3, -0.25) is 4.79 Å². The van der Waals surface area contributed by atoms with Gasteiger partial charge in [0.15, 0.2) is 0 Å². The highest BCUT2D eigenvalue weighted by Gasteiger charge is 2.18. The Hall–Kier alpha value is -2.55. The number of para-hydroxylation sites is 1. The first-order valence-corrected chi connectivity index (χ1v) is 7.26. The van der Waals surface area contributed by atoms with Crippen molar-refractivity contribution in [2.24, 2.45) is 0 Å². The first-order chi connectivity index (χ1) is 10.6. The number of benzene rings is 2. The van der Waals surface area contributed by atoms with Crippen LogP contribution < -0.4 is 4.74 Å². The van der Waals surface area contributed by atoms with E-state index >= 15 is 0 Å². The smallest absolute Gasteiger partial charge is 0.246 e. The van der Waals surface area contributed by atoms with E-state index in [1.807, 2.05) is 67.6 Å². The zero-order valence-corrected chi connectivity index (χ0v) is 13.2. The van der Waals surface area contributed by atoms with Crippen LogP contribution >= 0.6 is 0 Å². The molecule has 1 unspecified atom stereocenters. The number of amides is 1. The van der Waals surface area contributed by atoms with Crippen LogP contribution in [0, 0.1) is 0 Å². The van der Waals surface area contributed by atoms with Crippen LogP contribution in [0.3, 0.4) is 0 Å². The van der Waals surface area contributed by atoms with Crippen molar-refractivity contribution in [1.82, 2.24) is 4.90 Å². The molecule has 22 heavy (non-hydrogen) atoms. The average Bonchev–Trinajstić information content (AvgIpc) is 2.59. The van der Waals surface area contributed by atoms with Gasteiger partial charge in [-0.2, -0.15) is 0 Å². The SMILES string of the molecule is COc1ccccc1C(C)N(C)C(=O)/C=C/c1ccccc1. The molecule has 0 heterocycles. The monoisotopic (exact) mass is 295 g/mol. The molecule has 114 valence electrons. The van der Waals surface area contributed by atoms with Gasteiger partial charge in [0, 0.05) is 18.7 Å². The highest BCUT2D eigenvalue weighted by atomic mass is 16.5. The Labute approximate surface area is 131 Å². The standard InChI is InChI=1S/C19H21NO2/c1-15(17-11-7-8-12-18(17)22-3)20(2)19(21)14-13-16-9-5-4-6-10-16/h4-15H,1-3H3/b14-13+. The largest absolute Gasteiger partial charge is 0.496 e. The first kappa shape index (κ1) is 15.8. The molecular weight excluding hydrogens is 274 g/mol. The van der Waals surface area contributed by atoms with Crippen molar-refractivity contribution in [1.29, 1.82) is 0 Å². The van der Waals surface area contributed by atoms with E-state index in [-0.39, 0.29) is 11.9 Å². The third kappa shape index (κ3) is 3.76. The van der Waals surface area contributed by atoms with Gasteiger partial charge in [-0.05, 0) is 24.6 Å². The molecule has 0 saturated heterocycles. The molecule has 2 aromatic rings. The Morgan fingerprint density at radius 1 is 1.09 bits per heavy atom. The van der Waals surface area contributed by atoms with Gasteiger partial charge in [0.25, 0.3) is 0 Å². The molecule has 0 saturated carbocycles. The van der Waals surface area contributed by atoms with Crippen LogP contribution in [0.4, 0.5) is 0 Å². The predicted molar refractivity (Wildman–Crippen MR) is 89.7 cm³/mol. The van der Waals surface area contributed by atoms with E-state index in [1.165, 1.54) is 0 Å². The predicted octanol–water partition coefficient (Wildman–Crippen LogP) is 3.93. The molecule has 0 aromatic heterocycles. The second-order valence-corrected chi connectivity index (χ2v) is 5.11. The van der Waals surface area contributed by atoms with Crippen LogP contribution in [0.15, 0.2) is 60.7 Å². The Kier molecular flexibility index (Phi) is 5.37. The highest BCUT2D eigenvalue weighted by molar-refractivity contribution is 5.91. The van der Waals surface area contributed by atoms with Gasteiger partial charge in [0.2, 0.25) is 5.91 Å². The second kappa shape index (κ2) is 7.46. The Balaban J connectivity index is 2.11. The van der Waals surface area contributed by atoms with E-state index in [1.54, 1.807) is 25.1 Å². The molecule has 1 atom stereocenters. The summed E-state index contributed by atoms with van der Waals surface area (Å²) >= 11 is 0. The fourth-order valence-corrected chi connectivity index (χ4v) is 2.26. The van der Waals surface area contributed by atoms with Crippen molar-refractivity contribution >= 4 is 12.0 Å². The normalized spacial score (nSPS) is 12.1. The van der Waals surface area contributed by atoms with E-state index in [0.717, 1.165) is 16.9 Å². The van der Waals surface area contributed by atoms with E-state index in [0.29, 0.717) is 0 Å². The number of nitrogens with zero attached hydrogens (tertiary/aromatic N) is 1. The Bertz CT molecular complexity index is 649. The van der Waals surface area contributed by atoms with Gasteiger partial charge in [0.05, 0.1) is 13.2 Å². The van der Waals surface area contributed by atoms with Gasteiger partial charge < -0.3 is 9.64 Å². The van der Waals surface area contributed by atoms with Crippen molar-refractivity contribution in [3.8, 4) is 5.75 Å². The zero-order chi connectivity index (χ0) is 15.9. The number of methoxy groups -OCH3 is 1. The molecule has 1 amide bonds. The third-order valence-corrected chi connectivity index (χ3v) is 3.74. The van der Waals surface area contributed by atoms with Crippen molar-refractivity contribution in [2.75, 3.05) is 14.2 Å². The molecule has 3 nitrogen and oxygen atoms in total. The van der Waals surface area contributed by atoms with Crippen LogP contribution in [-0.4, -0.2) is 25.0 Å². The lowest BCUT2D eigenvalue weighted by molar-refractivity contribution is -0.126. The summed E-state index contributed by atoms with van der Waals surface area (Å²) in [4.78, 5) is 14.0. The van der Waals surface area contributed by atoms with Gasteiger partial charge in [-0.1, -0.05) is 48.5 Å². The van der Waals surface area contributed by atoms with Crippen molar-refractivity contribution < 1.29 is 9.53 Å². The maximum atomic E-state index is 12.3. The number of carbonyl (C=O) groups excluding carboxylic acids is 1. The van der Waals surface area contributed by atoms with Crippen molar-refractivity contribution in [2.45, 2.75) is 13.0 Å². The number of hydrogen-bond donors (Lipinski definition) is 0. The third-order valence-electron chi connectivity index (χ3n) is 3.74. The molecule has 0 aliphatic carbocycles. The van der Waals surface area contributed by atoms with Crippen LogP contribution in [0.25, 0.3) is 6.08 Å². The molecule has 0 aliphatic rings. The van der Waals surface area contributed by atoms with E-state index in [2.05, 4.69) is 0 Å². The molecular formula is C19H21NO2. The van der Waals surface area contributed by atoms with Gasteiger partial charge in [-0.15, -0.1) is 0 Å². The summed E-state index contributed by atoms with van der Waals surface area (Å²) in [6, 6.07) is 17.5. The van der Waals surface area contributed by atoms with E-state index in [9.17, 15) is 4.79 Å². The summed E-state index contributed by atoms with van der Waals surface area (Å²) in [6.07, 6.45) is 3.43. The summed E-state index contributed by atoms with van der Waals surface area (Å²) in [7, 11) is 3.44. The van der Waals surface area contributed by atoms with Gasteiger partial charge >= 0.3 is 0 Å². The number of likely N-dealkylation sites (N-methyl/N-ethyl adjacent to an activating group) is 1. The maximum absolute atomic E-state index is 12.3. The van der Waals surface area contributed by atoms with Crippen LogP contribution in [0.5, 0.6) is 5.75 Å². The molecule has 0 aliphatic heterocycles. The minimum absolute atomic E-state index is 0.0396. The molecule has 0 spiro atoms. The quantitative estimate of drug-likeness (QED) is 0.782. The fourth-order valence-electron chi connectivity index (χ4n) is 2.26. The molecule has 0 radical (unpaired) electrons. The fraction of sp³-hybridized carbons (Fsp3) is 0.211. The number of ether oxygens (including phenoxy) is 1. The van der Waals surface area contributed by atoms with Gasteiger partial charge in [0.1, 0.15) is 5.75 Å². The number of rotatable bonds is 5. The molecule has 0 fully saturated rings. The lowest BCUT2D eigenvalue weighted by Gasteiger charge is -2.25. The number of hydrogen-bond acceptors (Lipinski definition) is 2. The number of carbonyl (C=O) groups is 1. The Morgan fingerprint density at radius 2 is 1.73 bits per heavy atom. The first-order valence-electron chi connectivity index (χ1n) is 7.26. The zero-order valence-electron chi connectivity index (χ0n) is 13.2. The minimum Gasteiger partial charge on any atom is -0.496 e. The van der Waals surface area contributed by atoms with Gasteiger partial charge in [-0.25, -0.2) is 0 Å². The molecule has 2 rings (SSSR count). The summed E-state index contributed by atoms with van der Waals surface area (Å²) in [5.41, 5.74) is 2.00. The van der Waals surface area contributed by atoms with Crippen LogP contribution in [0.2, 0.25) is 0 Å². The second-order valence-electron chi connectivity index (χ2n) is 5.11. The topological polar surface area (TPSA) is 29.5 Å². The molecule has 0 bridgehead atoms. The molecule has 3 heteroatoms.